The van der Waals surface area contributed by atoms with Gasteiger partial charge in [-0.25, -0.2) is 0 Å². The van der Waals surface area contributed by atoms with E-state index in [4.69, 9.17) is 0 Å². The third-order valence-corrected chi connectivity index (χ3v) is 5.48. The lowest BCUT2D eigenvalue weighted by atomic mass is 9.95. The van der Waals surface area contributed by atoms with Gasteiger partial charge in [-0.15, -0.1) is 11.3 Å². The van der Waals surface area contributed by atoms with E-state index in [0.29, 0.717) is 6.42 Å². The molecule has 0 fully saturated rings. The summed E-state index contributed by atoms with van der Waals surface area (Å²) in [7, 11) is 0. The summed E-state index contributed by atoms with van der Waals surface area (Å²) in [6.45, 7) is 6.32. The average Bonchev–Trinajstić information content (AvgIpc) is 2.93. The molecule has 20 heavy (non-hydrogen) atoms. The molecule has 0 saturated heterocycles. The SMILES string of the molecule is Cc1cc(C)c(CC(=O)c2cc3c(s2)CCC3)c(C)c1. The van der Waals surface area contributed by atoms with Gasteiger partial charge in [0.1, 0.15) is 0 Å². The number of aryl methyl sites for hydroxylation is 5. The molecule has 2 aromatic rings. The molecule has 0 saturated carbocycles. The average molecular weight is 284 g/mol. The van der Waals surface area contributed by atoms with Crippen molar-refractivity contribution in [3.8, 4) is 0 Å². The van der Waals surface area contributed by atoms with Gasteiger partial charge in [0.2, 0.25) is 0 Å². The smallest absolute Gasteiger partial charge is 0.177 e. The van der Waals surface area contributed by atoms with Crippen LogP contribution in [0.4, 0.5) is 0 Å². The largest absolute Gasteiger partial charge is 0.293 e. The van der Waals surface area contributed by atoms with Crippen LogP contribution in [0.15, 0.2) is 18.2 Å². The summed E-state index contributed by atoms with van der Waals surface area (Å²) >= 11 is 1.71. The molecule has 0 unspecified atom stereocenters. The highest BCUT2D eigenvalue weighted by Crippen LogP contribution is 2.31. The van der Waals surface area contributed by atoms with Gasteiger partial charge in [0.05, 0.1) is 4.88 Å². The summed E-state index contributed by atoms with van der Waals surface area (Å²) in [5, 5.41) is 0. The molecule has 0 amide bonds. The zero-order valence-electron chi connectivity index (χ0n) is 12.4. The molecule has 1 aliphatic rings. The summed E-state index contributed by atoms with van der Waals surface area (Å²) < 4.78 is 0. The van der Waals surface area contributed by atoms with Crippen LogP contribution in [0.1, 0.15) is 48.8 Å². The zero-order chi connectivity index (χ0) is 14.3. The second-order valence-corrected chi connectivity index (χ2v) is 7.03. The topological polar surface area (TPSA) is 17.1 Å². The first-order chi connectivity index (χ1) is 9.54. The van der Waals surface area contributed by atoms with Crippen molar-refractivity contribution in [2.24, 2.45) is 0 Å². The van der Waals surface area contributed by atoms with Gasteiger partial charge in [0, 0.05) is 11.3 Å². The standard InChI is InChI=1S/C18H20OS/c1-11-7-12(2)15(13(3)8-11)10-16(19)18-9-14-5-4-6-17(14)20-18/h7-9H,4-6,10H2,1-3H3. The molecule has 0 bridgehead atoms. The third kappa shape index (κ3) is 2.45. The molecule has 1 aliphatic carbocycles. The molecule has 1 aromatic carbocycles. The van der Waals surface area contributed by atoms with Crippen LogP contribution in [-0.4, -0.2) is 5.78 Å². The number of carbonyl (C=O) groups excluding carboxylic acids is 1. The minimum absolute atomic E-state index is 0.277. The number of benzene rings is 1. The molecule has 2 heteroatoms. The summed E-state index contributed by atoms with van der Waals surface area (Å²) in [6, 6.07) is 6.47. The number of hydrogen-bond donors (Lipinski definition) is 0. The van der Waals surface area contributed by atoms with Crippen molar-refractivity contribution in [3.63, 3.8) is 0 Å². The number of fused-ring (bicyclic) bond motifs is 1. The fraction of sp³-hybridized carbons (Fsp3) is 0.389. The summed E-state index contributed by atoms with van der Waals surface area (Å²) in [5.41, 5.74) is 6.36. The van der Waals surface area contributed by atoms with Crippen molar-refractivity contribution in [2.45, 2.75) is 46.5 Å². The molecular formula is C18H20OS. The molecule has 3 rings (SSSR count). The first-order valence-corrected chi connectivity index (χ1v) is 8.08. The molecule has 0 atom stereocenters. The van der Waals surface area contributed by atoms with Crippen LogP contribution in [0.5, 0.6) is 0 Å². The predicted octanol–water partition coefficient (Wildman–Crippen LogP) is 4.59. The first-order valence-electron chi connectivity index (χ1n) is 7.26. The van der Waals surface area contributed by atoms with Gasteiger partial charge in [-0.05, 0) is 68.4 Å². The van der Waals surface area contributed by atoms with Crippen molar-refractivity contribution in [1.29, 1.82) is 0 Å². The first kappa shape index (κ1) is 13.6. The number of Topliss-reactive ketones (excluding diaryl/α,β-unsaturated/α-hetero) is 1. The minimum Gasteiger partial charge on any atom is -0.293 e. The molecule has 0 N–H and O–H groups in total. The summed E-state index contributed by atoms with van der Waals surface area (Å²) in [4.78, 5) is 14.9. The highest BCUT2D eigenvalue weighted by molar-refractivity contribution is 7.14. The van der Waals surface area contributed by atoms with Crippen molar-refractivity contribution in [3.05, 3.63) is 55.8 Å². The maximum atomic E-state index is 12.5. The van der Waals surface area contributed by atoms with Gasteiger partial charge in [-0.2, -0.15) is 0 Å². The fourth-order valence-corrected chi connectivity index (χ4v) is 4.39. The lowest BCUT2D eigenvalue weighted by Gasteiger charge is -2.10. The number of ketones is 1. The van der Waals surface area contributed by atoms with Crippen LogP contribution in [0.2, 0.25) is 0 Å². The number of thiophene rings is 1. The van der Waals surface area contributed by atoms with Crippen molar-refractivity contribution in [2.75, 3.05) is 0 Å². The van der Waals surface area contributed by atoms with Crippen LogP contribution in [0, 0.1) is 20.8 Å². The van der Waals surface area contributed by atoms with Gasteiger partial charge < -0.3 is 0 Å². The maximum Gasteiger partial charge on any atom is 0.177 e. The molecule has 0 spiro atoms. The fourth-order valence-electron chi connectivity index (χ4n) is 3.20. The molecular weight excluding hydrogens is 264 g/mol. The van der Waals surface area contributed by atoms with E-state index in [-0.39, 0.29) is 5.78 Å². The van der Waals surface area contributed by atoms with E-state index in [1.54, 1.807) is 11.3 Å². The van der Waals surface area contributed by atoms with Crippen LogP contribution in [0.3, 0.4) is 0 Å². The molecule has 1 heterocycles. The van der Waals surface area contributed by atoms with E-state index < -0.39 is 0 Å². The van der Waals surface area contributed by atoms with Crippen molar-refractivity contribution < 1.29 is 4.79 Å². The van der Waals surface area contributed by atoms with E-state index in [1.807, 2.05) is 0 Å². The molecule has 104 valence electrons. The van der Waals surface area contributed by atoms with E-state index >= 15 is 0 Å². The molecule has 0 aliphatic heterocycles. The van der Waals surface area contributed by atoms with Crippen LogP contribution in [-0.2, 0) is 19.3 Å². The van der Waals surface area contributed by atoms with Crippen LogP contribution < -0.4 is 0 Å². The normalized spacial score (nSPS) is 13.6. The number of rotatable bonds is 3. The number of hydrogen-bond acceptors (Lipinski definition) is 2. The van der Waals surface area contributed by atoms with Gasteiger partial charge in [-0.1, -0.05) is 17.7 Å². The second-order valence-electron chi connectivity index (χ2n) is 5.89. The Balaban J connectivity index is 1.85. The van der Waals surface area contributed by atoms with E-state index in [2.05, 4.69) is 39.0 Å². The number of carbonyl (C=O) groups is 1. The highest BCUT2D eigenvalue weighted by atomic mass is 32.1. The zero-order valence-corrected chi connectivity index (χ0v) is 13.2. The summed E-state index contributed by atoms with van der Waals surface area (Å²) in [6.07, 6.45) is 4.11. The Morgan fingerprint density at radius 3 is 2.45 bits per heavy atom. The Kier molecular flexibility index (Phi) is 3.51. The molecule has 1 nitrogen and oxygen atoms in total. The van der Waals surface area contributed by atoms with Gasteiger partial charge in [0.15, 0.2) is 5.78 Å². The maximum absolute atomic E-state index is 12.5. The summed E-state index contributed by atoms with van der Waals surface area (Å²) in [5.74, 6) is 0.277. The minimum atomic E-state index is 0.277. The van der Waals surface area contributed by atoms with Gasteiger partial charge in [-0.3, -0.25) is 4.79 Å². The van der Waals surface area contributed by atoms with Gasteiger partial charge >= 0.3 is 0 Å². The van der Waals surface area contributed by atoms with Crippen LogP contribution in [0.25, 0.3) is 0 Å². The molecule has 0 radical (unpaired) electrons. The van der Waals surface area contributed by atoms with Crippen LogP contribution >= 0.6 is 11.3 Å². The quantitative estimate of drug-likeness (QED) is 0.754. The van der Waals surface area contributed by atoms with Crippen molar-refractivity contribution in [1.82, 2.24) is 0 Å². The highest BCUT2D eigenvalue weighted by Gasteiger charge is 2.19. The van der Waals surface area contributed by atoms with E-state index in [0.717, 1.165) is 17.7 Å². The molecule has 1 aromatic heterocycles. The van der Waals surface area contributed by atoms with E-state index in [1.165, 1.54) is 39.1 Å². The Labute approximate surface area is 124 Å². The Morgan fingerprint density at radius 1 is 1.10 bits per heavy atom. The third-order valence-electron chi connectivity index (χ3n) is 4.20. The Bertz CT molecular complexity index is 634. The van der Waals surface area contributed by atoms with E-state index in [9.17, 15) is 4.79 Å². The van der Waals surface area contributed by atoms with Gasteiger partial charge in [0.25, 0.3) is 0 Å². The monoisotopic (exact) mass is 284 g/mol. The van der Waals surface area contributed by atoms with Crippen molar-refractivity contribution >= 4 is 17.1 Å². The second kappa shape index (κ2) is 5.17. The Hall–Kier alpha value is -1.41. The lowest BCUT2D eigenvalue weighted by Crippen LogP contribution is -2.05. The Morgan fingerprint density at radius 2 is 1.80 bits per heavy atom. The lowest BCUT2D eigenvalue weighted by molar-refractivity contribution is 0.0996. The predicted molar refractivity (Wildman–Crippen MR) is 85.0 cm³/mol.